The number of nitrogens with zero attached hydrogens (tertiary/aromatic N) is 3. The van der Waals surface area contributed by atoms with Gasteiger partial charge in [-0.05, 0) is 18.9 Å². The van der Waals surface area contributed by atoms with Gasteiger partial charge in [0.1, 0.15) is 0 Å². The van der Waals surface area contributed by atoms with Gasteiger partial charge < -0.3 is 10.6 Å². The van der Waals surface area contributed by atoms with E-state index < -0.39 is 0 Å². The Bertz CT molecular complexity index is 526. The van der Waals surface area contributed by atoms with Crippen molar-refractivity contribution in [3.63, 3.8) is 0 Å². The Hall–Kier alpha value is -1.68. The molecule has 0 aliphatic carbocycles. The maximum absolute atomic E-state index is 5.98. The van der Waals surface area contributed by atoms with E-state index in [0.29, 0.717) is 0 Å². The number of hydrogen-bond donors (Lipinski definition) is 1. The van der Waals surface area contributed by atoms with Crippen molar-refractivity contribution in [1.29, 1.82) is 0 Å². The molecule has 1 unspecified atom stereocenters. The van der Waals surface area contributed by atoms with Crippen molar-refractivity contribution in [3.8, 4) is 0 Å². The molecule has 1 fully saturated rings. The highest BCUT2D eigenvalue weighted by atomic mass is 15.3. The molecule has 3 rings (SSSR count). The highest BCUT2D eigenvalue weighted by Gasteiger charge is 2.18. The van der Waals surface area contributed by atoms with Gasteiger partial charge in [0, 0.05) is 30.7 Å². The number of para-hydroxylation sites is 1. The van der Waals surface area contributed by atoms with Crippen molar-refractivity contribution in [3.05, 3.63) is 30.5 Å². The van der Waals surface area contributed by atoms with Crippen molar-refractivity contribution in [2.24, 2.45) is 5.73 Å². The van der Waals surface area contributed by atoms with E-state index in [1.165, 1.54) is 0 Å². The fourth-order valence-corrected chi connectivity index (χ4v) is 2.31. The molecule has 2 aromatic rings. The van der Waals surface area contributed by atoms with Crippen LogP contribution in [0, 0.1) is 0 Å². The third-order valence-corrected chi connectivity index (χ3v) is 3.22. The van der Waals surface area contributed by atoms with Crippen LogP contribution in [0.2, 0.25) is 0 Å². The molecule has 4 heteroatoms. The Labute approximate surface area is 100 Å². The SMILES string of the molecule is NC1CCCN(c2ncc3ccccc3n2)C1. The molecule has 2 heterocycles. The second kappa shape index (κ2) is 4.30. The molecule has 1 saturated heterocycles. The zero-order valence-electron chi connectivity index (χ0n) is 9.71. The van der Waals surface area contributed by atoms with E-state index in [0.717, 1.165) is 42.8 Å². The Balaban J connectivity index is 1.94. The first kappa shape index (κ1) is 10.5. The normalized spacial score (nSPS) is 20.8. The number of fused-ring (bicyclic) bond motifs is 1. The minimum Gasteiger partial charge on any atom is -0.339 e. The first-order chi connectivity index (χ1) is 8.33. The van der Waals surface area contributed by atoms with Gasteiger partial charge in [-0.25, -0.2) is 9.97 Å². The molecule has 0 spiro atoms. The summed E-state index contributed by atoms with van der Waals surface area (Å²) in [7, 11) is 0. The largest absolute Gasteiger partial charge is 0.339 e. The fourth-order valence-electron chi connectivity index (χ4n) is 2.31. The second-order valence-corrected chi connectivity index (χ2v) is 4.58. The molecule has 0 saturated carbocycles. The lowest BCUT2D eigenvalue weighted by Crippen LogP contribution is -2.43. The summed E-state index contributed by atoms with van der Waals surface area (Å²) in [6.07, 6.45) is 4.11. The molecule has 1 aliphatic heterocycles. The minimum absolute atomic E-state index is 0.249. The van der Waals surface area contributed by atoms with Crippen molar-refractivity contribution >= 4 is 16.9 Å². The molecule has 1 atom stereocenters. The highest BCUT2D eigenvalue weighted by Crippen LogP contribution is 2.18. The number of rotatable bonds is 1. The summed E-state index contributed by atoms with van der Waals surface area (Å²) in [5.41, 5.74) is 6.97. The summed E-state index contributed by atoms with van der Waals surface area (Å²) in [4.78, 5) is 11.2. The number of anilines is 1. The van der Waals surface area contributed by atoms with Gasteiger partial charge in [0.2, 0.25) is 5.95 Å². The van der Waals surface area contributed by atoms with Gasteiger partial charge >= 0.3 is 0 Å². The molecule has 4 nitrogen and oxygen atoms in total. The van der Waals surface area contributed by atoms with E-state index in [9.17, 15) is 0 Å². The molecule has 1 aliphatic rings. The first-order valence-corrected chi connectivity index (χ1v) is 6.05. The van der Waals surface area contributed by atoms with E-state index >= 15 is 0 Å². The second-order valence-electron chi connectivity index (χ2n) is 4.58. The van der Waals surface area contributed by atoms with Gasteiger partial charge in [-0.15, -0.1) is 0 Å². The summed E-state index contributed by atoms with van der Waals surface area (Å²) in [5, 5.41) is 1.08. The van der Waals surface area contributed by atoms with Crippen molar-refractivity contribution in [2.45, 2.75) is 18.9 Å². The predicted molar refractivity (Wildman–Crippen MR) is 69.0 cm³/mol. The molecule has 0 bridgehead atoms. The molecule has 2 N–H and O–H groups in total. The summed E-state index contributed by atoms with van der Waals surface area (Å²) in [6.45, 7) is 1.87. The summed E-state index contributed by atoms with van der Waals surface area (Å²) in [6, 6.07) is 8.30. The van der Waals surface area contributed by atoms with Crippen LogP contribution in [-0.2, 0) is 0 Å². The molecule has 88 valence electrons. The van der Waals surface area contributed by atoms with Crippen LogP contribution < -0.4 is 10.6 Å². The number of aromatic nitrogens is 2. The Morgan fingerprint density at radius 2 is 2.18 bits per heavy atom. The van der Waals surface area contributed by atoms with Crippen molar-refractivity contribution in [2.75, 3.05) is 18.0 Å². The third kappa shape index (κ3) is 2.08. The Kier molecular flexibility index (Phi) is 2.65. The van der Waals surface area contributed by atoms with E-state index in [1.807, 2.05) is 30.5 Å². The smallest absolute Gasteiger partial charge is 0.225 e. The maximum Gasteiger partial charge on any atom is 0.225 e. The zero-order chi connectivity index (χ0) is 11.7. The fraction of sp³-hybridized carbons (Fsp3) is 0.385. The molecular weight excluding hydrogens is 212 g/mol. The lowest BCUT2D eigenvalue weighted by molar-refractivity contribution is 0.500. The molecule has 1 aromatic heterocycles. The summed E-state index contributed by atoms with van der Waals surface area (Å²) < 4.78 is 0. The molecule has 1 aromatic carbocycles. The molecule has 0 radical (unpaired) electrons. The van der Waals surface area contributed by atoms with E-state index in [1.54, 1.807) is 0 Å². The third-order valence-electron chi connectivity index (χ3n) is 3.22. The van der Waals surface area contributed by atoms with Crippen LogP contribution in [0.4, 0.5) is 5.95 Å². The van der Waals surface area contributed by atoms with Crippen LogP contribution in [0.25, 0.3) is 10.9 Å². The van der Waals surface area contributed by atoms with E-state index in [4.69, 9.17) is 5.73 Å². The number of benzene rings is 1. The maximum atomic E-state index is 5.98. The van der Waals surface area contributed by atoms with Crippen LogP contribution in [0.15, 0.2) is 30.5 Å². The number of nitrogens with two attached hydrogens (primary N) is 1. The molecular formula is C13H16N4. The van der Waals surface area contributed by atoms with Crippen LogP contribution in [-0.4, -0.2) is 29.1 Å². The monoisotopic (exact) mass is 228 g/mol. The van der Waals surface area contributed by atoms with Gasteiger partial charge in [0.05, 0.1) is 5.52 Å². The summed E-state index contributed by atoms with van der Waals surface area (Å²) >= 11 is 0. The predicted octanol–water partition coefficient (Wildman–Crippen LogP) is 1.56. The van der Waals surface area contributed by atoms with Crippen LogP contribution in [0.3, 0.4) is 0 Å². The standard InChI is InChI=1S/C13H16N4/c14-11-5-3-7-17(9-11)13-15-8-10-4-1-2-6-12(10)16-13/h1-2,4,6,8,11H,3,5,7,9,14H2. The van der Waals surface area contributed by atoms with Gasteiger partial charge in [-0.3, -0.25) is 0 Å². The van der Waals surface area contributed by atoms with Crippen LogP contribution >= 0.6 is 0 Å². The van der Waals surface area contributed by atoms with E-state index in [-0.39, 0.29) is 6.04 Å². The average molecular weight is 228 g/mol. The lowest BCUT2D eigenvalue weighted by Gasteiger charge is -2.30. The van der Waals surface area contributed by atoms with Crippen molar-refractivity contribution in [1.82, 2.24) is 9.97 Å². The van der Waals surface area contributed by atoms with Gasteiger partial charge in [0.15, 0.2) is 0 Å². The van der Waals surface area contributed by atoms with Gasteiger partial charge in [-0.1, -0.05) is 18.2 Å². The quantitative estimate of drug-likeness (QED) is 0.804. The summed E-state index contributed by atoms with van der Waals surface area (Å²) in [5.74, 6) is 0.804. The minimum atomic E-state index is 0.249. The lowest BCUT2D eigenvalue weighted by atomic mass is 10.1. The van der Waals surface area contributed by atoms with Gasteiger partial charge in [-0.2, -0.15) is 0 Å². The zero-order valence-corrected chi connectivity index (χ0v) is 9.71. The van der Waals surface area contributed by atoms with Crippen LogP contribution in [0.5, 0.6) is 0 Å². The van der Waals surface area contributed by atoms with Crippen LogP contribution in [0.1, 0.15) is 12.8 Å². The average Bonchev–Trinajstić information content (AvgIpc) is 2.38. The topological polar surface area (TPSA) is 55.0 Å². The number of hydrogen-bond acceptors (Lipinski definition) is 4. The first-order valence-electron chi connectivity index (χ1n) is 6.05. The van der Waals surface area contributed by atoms with Gasteiger partial charge in [0.25, 0.3) is 0 Å². The van der Waals surface area contributed by atoms with Crippen molar-refractivity contribution < 1.29 is 0 Å². The highest BCUT2D eigenvalue weighted by molar-refractivity contribution is 5.78. The Morgan fingerprint density at radius 3 is 3.06 bits per heavy atom. The number of piperidine rings is 1. The van der Waals surface area contributed by atoms with E-state index in [2.05, 4.69) is 14.9 Å². The Morgan fingerprint density at radius 1 is 1.29 bits per heavy atom. The molecule has 0 amide bonds. The molecule has 17 heavy (non-hydrogen) atoms.